The van der Waals surface area contributed by atoms with Gasteiger partial charge >= 0.3 is 0 Å². The van der Waals surface area contributed by atoms with Crippen molar-refractivity contribution in [2.45, 2.75) is 25.2 Å². The number of pyridine rings is 1. The van der Waals surface area contributed by atoms with Gasteiger partial charge < -0.3 is 9.30 Å². The number of rotatable bonds is 6. The van der Waals surface area contributed by atoms with Gasteiger partial charge in [0.05, 0.1) is 17.3 Å². The fourth-order valence-corrected chi connectivity index (χ4v) is 3.95. The average molecular weight is 385 g/mol. The lowest BCUT2D eigenvalue weighted by Crippen LogP contribution is -2.16. The van der Waals surface area contributed by atoms with E-state index in [9.17, 15) is 13.2 Å². The SMILES string of the molecule is CCCOc1ccc(S(=O)(=O)CC)cc1-c1cn(C)c(=O)c2ccccc12. The summed E-state index contributed by atoms with van der Waals surface area (Å²) in [6, 6.07) is 12.3. The summed E-state index contributed by atoms with van der Waals surface area (Å²) in [6.07, 6.45) is 2.57. The highest BCUT2D eigenvalue weighted by atomic mass is 32.2. The zero-order valence-electron chi connectivity index (χ0n) is 15.7. The normalized spacial score (nSPS) is 11.7. The molecule has 0 amide bonds. The van der Waals surface area contributed by atoms with E-state index < -0.39 is 9.84 Å². The van der Waals surface area contributed by atoms with Crippen molar-refractivity contribution in [2.24, 2.45) is 7.05 Å². The molecule has 6 heteroatoms. The van der Waals surface area contributed by atoms with Gasteiger partial charge in [-0.25, -0.2) is 8.42 Å². The number of ether oxygens (including phenoxy) is 1. The van der Waals surface area contributed by atoms with Crippen molar-refractivity contribution < 1.29 is 13.2 Å². The topological polar surface area (TPSA) is 65.4 Å². The molecule has 1 heterocycles. The highest BCUT2D eigenvalue weighted by Crippen LogP contribution is 2.36. The third kappa shape index (κ3) is 3.62. The number of aryl methyl sites for hydroxylation is 1. The van der Waals surface area contributed by atoms with Crippen LogP contribution in [-0.2, 0) is 16.9 Å². The summed E-state index contributed by atoms with van der Waals surface area (Å²) < 4.78 is 32.2. The van der Waals surface area contributed by atoms with Crippen LogP contribution in [0.4, 0.5) is 0 Å². The second-order valence-corrected chi connectivity index (χ2v) is 8.69. The van der Waals surface area contributed by atoms with Gasteiger partial charge in [-0.3, -0.25) is 4.79 Å². The molecule has 0 aliphatic rings. The summed E-state index contributed by atoms with van der Waals surface area (Å²) in [6.45, 7) is 4.16. The highest BCUT2D eigenvalue weighted by Gasteiger charge is 2.18. The van der Waals surface area contributed by atoms with E-state index in [1.54, 1.807) is 44.4 Å². The first-order valence-electron chi connectivity index (χ1n) is 8.97. The maximum absolute atomic E-state index is 12.5. The van der Waals surface area contributed by atoms with Crippen molar-refractivity contribution >= 4 is 20.6 Å². The molecule has 0 radical (unpaired) electrons. The second-order valence-electron chi connectivity index (χ2n) is 6.41. The van der Waals surface area contributed by atoms with Gasteiger partial charge in [0.25, 0.3) is 5.56 Å². The summed E-state index contributed by atoms with van der Waals surface area (Å²) in [7, 11) is -1.67. The Bertz CT molecular complexity index is 1150. The van der Waals surface area contributed by atoms with E-state index in [1.165, 1.54) is 4.57 Å². The number of benzene rings is 2. The van der Waals surface area contributed by atoms with Crippen LogP contribution in [0.1, 0.15) is 20.3 Å². The number of fused-ring (bicyclic) bond motifs is 1. The summed E-state index contributed by atoms with van der Waals surface area (Å²) in [5.41, 5.74) is 1.35. The Morgan fingerprint density at radius 3 is 2.37 bits per heavy atom. The van der Waals surface area contributed by atoms with Gasteiger partial charge in [0.1, 0.15) is 5.75 Å². The first-order chi connectivity index (χ1) is 12.9. The van der Waals surface area contributed by atoms with Crippen LogP contribution in [0, 0.1) is 0 Å². The minimum atomic E-state index is -3.36. The predicted octanol–water partition coefficient (Wildman–Crippen LogP) is 3.79. The largest absolute Gasteiger partial charge is 0.493 e. The fraction of sp³-hybridized carbons (Fsp3) is 0.286. The minimum Gasteiger partial charge on any atom is -0.493 e. The molecule has 0 bridgehead atoms. The monoisotopic (exact) mass is 385 g/mol. The first-order valence-corrected chi connectivity index (χ1v) is 10.6. The molecule has 0 spiro atoms. The van der Waals surface area contributed by atoms with Crippen LogP contribution in [0.15, 0.2) is 58.4 Å². The Morgan fingerprint density at radius 1 is 1.00 bits per heavy atom. The lowest BCUT2D eigenvalue weighted by Gasteiger charge is -2.16. The summed E-state index contributed by atoms with van der Waals surface area (Å²) in [4.78, 5) is 12.7. The number of aromatic nitrogens is 1. The Balaban J connectivity index is 2.35. The van der Waals surface area contributed by atoms with E-state index in [4.69, 9.17) is 4.74 Å². The van der Waals surface area contributed by atoms with Gasteiger partial charge in [-0.1, -0.05) is 32.0 Å². The number of hydrogen-bond donors (Lipinski definition) is 0. The standard InChI is InChI=1S/C21H23NO4S/c1-4-12-26-20-11-10-15(27(24,25)5-2)13-18(20)19-14-22(3)21(23)17-9-7-6-8-16(17)19/h6-11,13-14H,4-5,12H2,1-3H3. The maximum atomic E-state index is 12.5. The molecule has 142 valence electrons. The van der Waals surface area contributed by atoms with Crippen LogP contribution >= 0.6 is 0 Å². The lowest BCUT2D eigenvalue weighted by atomic mass is 10.00. The van der Waals surface area contributed by atoms with Crippen molar-refractivity contribution in [3.8, 4) is 16.9 Å². The molecule has 0 fully saturated rings. The molecule has 1 aromatic heterocycles. The van der Waals surface area contributed by atoms with Gasteiger partial charge in [-0.15, -0.1) is 0 Å². The quantitative estimate of drug-likeness (QED) is 0.648. The van der Waals surface area contributed by atoms with Crippen molar-refractivity contribution in [3.63, 3.8) is 0 Å². The third-order valence-electron chi connectivity index (χ3n) is 4.53. The van der Waals surface area contributed by atoms with E-state index in [0.717, 1.165) is 17.4 Å². The van der Waals surface area contributed by atoms with Crippen LogP contribution in [0.3, 0.4) is 0 Å². The van der Waals surface area contributed by atoms with Crippen molar-refractivity contribution in [3.05, 3.63) is 59.0 Å². The van der Waals surface area contributed by atoms with Gasteiger partial charge in [-0.05, 0) is 36.1 Å². The molecule has 0 aliphatic heterocycles. The van der Waals surface area contributed by atoms with Crippen LogP contribution < -0.4 is 10.3 Å². The maximum Gasteiger partial charge on any atom is 0.258 e. The zero-order valence-corrected chi connectivity index (χ0v) is 16.5. The van der Waals surface area contributed by atoms with Crippen LogP contribution in [0.2, 0.25) is 0 Å². The van der Waals surface area contributed by atoms with Gasteiger partial charge in [0.2, 0.25) is 0 Å². The smallest absolute Gasteiger partial charge is 0.258 e. The number of hydrogen-bond acceptors (Lipinski definition) is 4. The lowest BCUT2D eigenvalue weighted by molar-refractivity contribution is 0.318. The highest BCUT2D eigenvalue weighted by molar-refractivity contribution is 7.91. The van der Waals surface area contributed by atoms with E-state index in [-0.39, 0.29) is 16.2 Å². The molecule has 0 aliphatic carbocycles. The first kappa shape index (κ1) is 19.2. The van der Waals surface area contributed by atoms with Crippen molar-refractivity contribution in [1.82, 2.24) is 4.57 Å². The second kappa shape index (κ2) is 7.56. The minimum absolute atomic E-state index is 0.0234. The summed E-state index contributed by atoms with van der Waals surface area (Å²) >= 11 is 0. The average Bonchev–Trinajstić information content (AvgIpc) is 2.69. The van der Waals surface area contributed by atoms with Gasteiger partial charge in [0.15, 0.2) is 9.84 Å². The van der Waals surface area contributed by atoms with Crippen molar-refractivity contribution in [1.29, 1.82) is 0 Å². The van der Waals surface area contributed by atoms with Crippen LogP contribution in [-0.4, -0.2) is 25.3 Å². The van der Waals surface area contributed by atoms with Crippen molar-refractivity contribution in [2.75, 3.05) is 12.4 Å². The number of nitrogens with zero attached hydrogens (tertiary/aromatic N) is 1. The summed E-state index contributed by atoms with van der Waals surface area (Å²) in [5.74, 6) is 0.631. The molecule has 0 unspecified atom stereocenters. The van der Waals surface area contributed by atoms with Gasteiger partial charge in [0, 0.05) is 29.8 Å². The van der Waals surface area contributed by atoms with Crippen LogP contribution in [0.5, 0.6) is 5.75 Å². The van der Waals surface area contributed by atoms with E-state index in [2.05, 4.69) is 0 Å². The van der Waals surface area contributed by atoms with Gasteiger partial charge in [-0.2, -0.15) is 0 Å². The molecule has 3 aromatic rings. The molecule has 2 aromatic carbocycles. The van der Waals surface area contributed by atoms with E-state index in [0.29, 0.717) is 23.3 Å². The molecule has 0 atom stereocenters. The molecule has 0 N–H and O–H groups in total. The molecule has 0 saturated heterocycles. The molecule has 3 rings (SSSR count). The molecular formula is C21H23NO4S. The van der Waals surface area contributed by atoms with E-state index in [1.807, 2.05) is 25.1 Å². The third-order valence-corrected chi connectivity index (χ3v) is 6.27. The molecule has 5 nitrogen and oxygen atoms in total. The van der Waals surface area contributed by atoms with Crippen LogP contribution in [0.25, 0.3) is 21.9 Å². The molecule has 27 heavy (non-hydrogen) atoms. The Hall–Kier alpha value is -2.60. The molecule has 0 saturated carbocycles. The zero-order chi connectivity index (χ0) is 19.6. The Morgan fingerprint density at radius 2 is 1.70 bits per heavy atom. The Labute approximate surface area is 159 Å². The fourth-order valence-electron chi connectivity index (χ4n) is 3.05. The molecular weight excluding hydrogens is 362 g/mol. The Kier molecular flexibility index (Phi) is 5.37. The predicted molar refractivity (Wildman–Crippen MR) is 108 cm³/mol. The summed E-state index contributed by atoms with van der Waals surface area (Å²) in [5, 5.41) is 1.36. The van der Waals surface area contributed by atoms with E-state index >= 15 is 0 Å². The number of sulfone groups is 1.